The number of benzene rings is 1. The molecule has 0 aliphatic rings. The molecule has 3 rings (SSSR count). The van der Waals surface area contributed by atoms with E-state index in [9.17, 15) is 9.59 Å². The van der Waals surface area contributed by atoms with Gasteiger partial charge in [-0.2, -0.15) is 10.2 Å². The summed E-state index contributed by atoms with van der Waals surface area (Å²) in [5, 5.41) is 11.8. The van der Waals surface area contributed by atoms with Crippen molar-refractivity contribution in [3.63, 3.8) is 0 Å². The predicted octanol–water partition coefficient (Wildman–Crippen LogP) is 3.20. The first-order chi connectivity index (χ1) is 13.7. The van der Waals surface area contributed by atoms with E-state index in [0.717, 1.165) is 20.9 Å². The normalized spacial score (nSPS) is 11.1. The Hall–Kier alpha value is -3.10. The van der Waals surface area contributed by atoms with Crippen LogP contribution in [0.5, 0.6) is 0 Å². The van der Waals surface area contributed by atoms with Crippen LogP contribution in [0.3, 0.4) is 0 Å². The minimum absolute atomic E-state index is 0.162. The van der Waals surface area contributed by atoms with Gasteiger partial charge in [-0.05, 0) is 40.1 Å². The third kappa shape index (κ3) is 6.57. The number of carbonyl (C=O) groups is 2. The molecule has 2 aromatic heterocycles. The van der Waals surface area contributed by atoms with Gasteiger partial charge in [0.15, 0.2) is 0 Å². The SMILES string of the molecule is O=C(Cc1cccs1)N/N=C\c1cccc(/C=N\NC(=O)Cc2cccs2)c1. The average molecular weight is 411 g/mol. The number of nitrogens with zero attached hydrogens (tertiary/aromatic N) is 2. The molecular weight excluding hydrogens is 392 g/mol. The Bertz CT molecular complexity index is 889. The van der Waals surface area contributed by atoms with Gasteiger partial charge in [-0.3, -0.25) is 9.59 Å². The highest BCUT2D eigenvalue weighted by Crippen LogP contribution is 2.09. The third-order valence-electron chi connectivity index (χ3n) is 3.55. The van der Waals surface area contributed by atoms with Crippen molar-refractivity contribution in [2.75, 3.05) is 0 Å². The van der Waals surface area contributed by atoms with Gasteiger partial charge in [-0.15, -0.1) is 22.7 Å². The molecular formula is C20H18N4O2S2. The van der Waals surface area contributed by atoms with Crippen LogP contribution in [0.2, 0.25) is 0 Å². The Morgan fingerprint density at radius 2 is 1.29 bits per heavy atom. The summed E-state index contributed by atoms with van der Waals surface area (Å²) < 4.78 is 0. The quantitative estimate of drug-likeness (QED) is 0.442. The molecule has 0 aliphatic carbocycles. The molecule has 1 aromatic carbocycles. The van der Waals surface area contributed by atoms with Crippen LogP contribution < -0.4 is 10.9 Å². The molecule has 0 fully saturated rings. The summed E-state index contributed by atoms with van der Waals surface area (Å²) in [6.07, 6.45) is 3.76. The standard InChI is InChI=1S/C20H18N4O2S2/c25-19(11-17-6-2-8-27-17)23-21-13-15-4-1-5-16(10-15)14-22-24-20(26)12-18-7-3-9-28-18/h1-10,13-14H,11-12H2,(H,23,25)(H,24,26)/b21-13-,22-14-. The van der Waals surface area contributed by atoms with Crippen LogP contribution in [0.1, 0.15) is 20.9 Å². The lowest BCUT2D eigenvalue weighted by molar-refractivity contribution is -0.121. The van der Waals surface area contributed by atoms with Crippen molar-refractivity contribution in [3.8, 4) is 0 Å². The number of amides is 2. The van der Waals surface area contributed by atoms with E-state index in [1.165, 1.54) is 22.7 Å². The third-order valence-corrected chi connectivity index (χ3v) is 5.30. The van der Waals surface area contributed by atoms with E-state index in [4.69, 9.17) is 0 Å². The van der Waals surface area contributed by atoms with Gasteiger partial charge in [0, 0.05) is 9.75 Å². The van der Waals surface area contributed by atoms with Crippen molar-refractivity contribution in [1.29, 1.82) is 0 Å². The Labute approximate surface area is 170 Å². The number of nitrogens with one attached hydrogen (secondary N) is 2. The number of carbonyl (C=O) groups excluding carboxylic acids is 2. The molecule has 6 nitrogen and oxygen atoms in total. The molecule has 2 heterocycles. The second-order valence-corrected chi connectivity index (χ2v) is 7.83. The highest BCUT2D eigenvalue weighted by Gasteiger charge is 2.03. The molecule has 0 bridgehead atoms. The lowest BCUT2D eigenvalue weighted by atomic mass is 10.1. The Kier molecular flexibility index (Phi) is 7.22. The van der Waals surface area contributed by atoms with Crippen molar-refractivity contribution in [2.45, 2.75) is 12.8 Å². The van der Waals surface area contributed by atoms with Crippen LogP contribution >= 0.6 is 22.7 Å². The van der Waals surface area contributed by atoms with Gasteiger partial charge < -0.3 is 0 Å². The van der Waals surface area contributed by atoms with Gasteiger partial charge in [-0.1, -0.05) is 30.3 Å². The van der Waals surface area contributed by atoms with Crippen LogP contribution in [0.4, 0.5) is 0 Å². The van der Waals surface area contributed by atoms with Crippen LogP contribution in [-0.2, 0) is 22.4 Å². The Morgan fingerprint density at radius 3 is 1.71 bits per heavy atom. The van der Waals surface area contributed by atoms with Crippen molar-refractivity contribution in [3.05, 3.63) is 80.2 Å². The summed E-state index contributed by atoms with van der Waals surface area (Å²) in [6, 6.07) is 15.1. The molecule has 0 atom stereocenters. The number of hydrogen-bond acceptors (Lipinski definition) is 6. The maximum absolute atomic E-state index is 11.8. The zero-order valence-electron chi connectivity index (χ0n) is 14.9. The van der Waals surface area contributed by atoms with Gasteiger partial charge in [0.2, 0.25) is 11.8 Å². The minimum Gasteiger partial charge on any atom is -0.273 e. The number of thiophene rings is 2. The molecule has 3 aromatic rings. The van der Waals surface area contributed by atoms with Gasteiger partial charge in [0.1, 0.15) is 0 Å². The van der Waals surface area contributed by atoms with Gasteiger partial charge in [0.05, 0.1) is 25.3 Å². The number of rotatable bonds is 8. The second-order valence-electron chi connectivity index (χ2n) is 5.77. The van der Waals surface area contributed by atoms with E-state index in [1.807, 2.05) is 59.3 Å². The first-order valence-electron chi connectivity index (χ1n) is 8.48. The first kappa shape index (κ1) is 19.7. The van der Waals surface area contributed by atoms with E-state index in [2.05, 4.69) is 21.1 Å². The van der Waals surface area contributed by atoms with E-state index in [-0.39, 0.29) is 11.8 Å². The minimum atomic E-state index is -0.162. The van der Waals surface area contributed by atoms with Crippen molar-refractivity contribution in [1.82, 2.24) is 10.9 Å². The number of hydrogen-bond donors (Lipinski definition) is 2. The summed E-state index contributed by atoms with van der Waals surface area (Å²) in [7, 11) is 0. The summed E-state index contributed by atoms with van der Waals surface area (Å²) in [5.41, 5.74) is 6.65. The largest absolute Gasteiger partial charge is 0.273 e. The molecule has 142 valence electrons. The van der Waals surface area contributed by atoms with Crippen LogP contribution in [0.15, 0.2) is 69.5 Å². The second kappa shape index (κ2) is 10.3. The van der Waals surface area contributed by atoms with Crippen molar-refractivity contribution >= 4 is 46.9 Å². The van der Waals surface area contributed by atoms with E-state index in [0.29, 0.717) is 12.8 Å². The first-order valence-corrected chi connectivity index (χ1v) is 10.2. The fourth-order valence-electron chi connectivity index (χ4n) is 2.30. The lowest BCUT2D eigenvalue weighted by Gasteiger charge is -1.99. The highest BCUT2D eigenvalue weighted by molar-refractivity contribution is 7.10. The van der Waals surface area contributed by atoms with E-state index < -0.39 is 0 Å². The monoisotopic (exact) mass is 410 g/mol. The van der Waals surface area contributed by atoms with Crippen LogP contribution in [-0.4, -0.2) is 24.2 Å². The molecule has 0 saturated carbocycles. The molecule has 0 aliphatic heterocycles. The van der Waals surface area contributed by atoms with Gasteiger partial charge in [0.25, 0.3) is 0 Å². The maximum Gasteiger partial charge on any atom is 0.245 e. The summed E-state index contributed by atoms with van der Waals surface area (Å²) >= 11 is 3.07. The van der Waals surface area contributed by atoms with Gasteiger partial charge >= 0.3 is 0 Å². The predicted molar refractivity (Wildman–Crippen MR) is 114 cm³/mol. The fourth-order valence-corrected chi connectivity index (χ4v) is 3.71. The molecule has 28 heavy (non-hydrogen) atoms. The molecule has 0 saturated heterocycles. The summed E-state index contributed by atoms with van der Waals surface area (Å²) in [5.74, 6) is -0.324. The fraction of sp³-hybridized carbons (Fsp3) is 0.100. The molecule has 2 N–H and O–H groups in total. The van der Waals surface area contributed by atoms with Crippen molar-refractivity contribution in [2.24, 2.45) is 10.2 Å². The van der Waals surface area contributed by atoms with Gasteiger partial charge in [-0.25, -0.2) is 10.9 Å². The molecule has 8 heteroatoms. The van der Waals surface area contributed by atoms with Crippen molar-refractivity contribution < 1.29 is 9.59 Å². The maximum atomic E-state index is 11.8. The van der Waals surface area contributed by atoms with Crippen LogP contribution in [0.25, 0.3) is 0 Å². The van der Waals surface area contributed by atoms with Crippen LogP contribution in [0, 0.1) is 0 Å². The zero-order valence-corrected chi connectivity index (χ0v) is 16.5. The topological polar surface area (TPSA) is 82.9 Å². The lowest BCUT2D eigenvalue weighted by Crippen LogP contribution is -2.19. The Morgan fingerprint density at radius 1 is 0.786 bits per heavy atom. The zero-order chi connectivity index (χ0) is 19.6. The molecule has 2 amide bonds. The molecule has 0 spiro atoms. The number of hydrazone groups is 2. The smallest absolute Gasteiger partial charge is 0.245 e. The summed E-state index contributed by atoms with van der Waals surface area (Å²) in [4.78, 5) is 25.6. The molecule has 0 radical (unpaired) electrons. The van der Waals surface area contributed by atoms with E-state index >= 15 is 0 Å². The molecule has 0 unspecified atom stereocenters. The van der Waals surface area contributed by atoms with E-state index in [1.54, 1.807) is 12.4 Å². The summed E-state index contributed by atoms with van der Waals surface area (Å²) in [6.45, 7) is 0. The highest BCUT2D eigenvalue weighted by atomic mass is 32.1. The Balaban J connectivity index is 1.47. The average Bonchev–Trinajstić information content (AvgIpc) is 3.36.